The number of halogens is 3. The fourth-order valence-corrected chi connectivity index (χ4v) is 4.79. The minimum atomic E-state index is -3.59. The summed E-state index contributed by atoms with van der Waals surface area (Å²) in [6.07, 6.45) is 0. The van der Waals surface area contributed by atoms with E-state index in [4.69, 9.17) is 34.8 Å². The SMILES string of the molecule is Cc1ccc(S(=O)(=O)NCc2ccc(CNC(=O)c3c(Cl)cc(Cl)cc3Cl)cc2)cc1. The van der Waals surface area contributed by atoms with Gasteiger partial charge in [0.1, 0.15) is 0 Å². The summed E-state index contributed by atoms with van der Waals surface area (Å²) in [5, 5.41) is 3.45. The molecule has 2 N–H and O–H groups in total. The molecule has 0 aromatic heterocycles. The Morgan fingerprint density at radius 2 is 1.35 bits per heavy atom. The zero-order chi connectivity index (χ0) is 22.6. The molecule has 0 spiro atoms. The molecule has 162 valence electrons. The first kappa shape index (κ1) is 23.6. The van der Waals surface area contributed by atoms with Crippen LogP contribution in [0.1, 0.15) is 27.0 Å². The third kappa shape index (κ3) is 6.21. The normalized spacial score (nSPS) is 11.4. The summed E-state index contributed by atoms with van der Waals surface area (Å²) in [6, 6.07) is 16.8. The van der Waals surface area contributed by atoms with Crippen molar-refractivity contribution in [1.82, 2.24) is 10.0 Å². The molecule has 0 unspecified atom stereocenters. The first-order valence-corrected chi connectivity index (χ1v) is 11.8. The van der Waals surface area contributed by atoms with Gasteiger partial charge in [-0.25, -0.2) is 13.1 Å². The molecule has 0 bridgehead atoms. The van der Waals surface area contributed by atoms with Gasteiger partial charge in [-0.2, -0.15) is 0 Å². The molecule has 3 aromatic rings. The molecule has 0 aliphatic rings. The van der Waals surface area contributed by atoms with Gasteiger partial charge in [-0.05, 0) is 42.3 Å². The number of benzene rings is 3. The fraction of sp³-hybridized carbons (Fsp3) is 0.136. The summed E-state index contributed by atoms with van der Waals surface area (Å²) in [4.78, 5) is 12.6. The Morgan fingerprint density at radius 3 is 1.90 bits per heavy atom. The van der Waals surface area contributed by atoms with E-state index < -0.39 is 15.9 Å². The largest absolute Gasteiger partial charge is 0.348 e. The second-order valence-electron chi connectivity index (χ2n) is 6.88. The average Bonchev–Trinajstić information content (AvgIpc) is 2.71. The van der Waals surface area contributed by atoms with Crippen molar-refractivity contribution in [2.24, 2.45) is 0 Å². The highest BCUT2D eigenvalue weighted by Crippen LogP contribution is 2.28. The predicted molar refractivity (Wildman–Crippen MR) is 124 cm³/mol. The van der Waals surface area contributed by atoms with Crippen molar-refractivity contribution in [1.29, 1.82) is 0 Å². The highest BCUT2D eigenvalue weighted by molar-refractivity contribution is 7.89. The van der Waals surface area contributed by atoms with Gasteiger partial charge in [0.2, 0.25) is 10.0 Å². The molecule has 3 aromatic carbocycles. The van der Waals surface area contributed by atoms with Crippen LogP contribution in [0, 0.1) is 6.92 Å². The zero-order valence-corrected chi connectivity index (χ0v) is 19.5. The lowest BCUT2D eigenvalue weighted by Crippen LogP contribution is -2.24. The van der Waals surface area contributed by atoms with Gasteiger partial charge in [0.25, 0.3) is 5.91 Å². The summed E-state index contributed by atoms with van der Waals surface area (Å²) in [5.74, 6) is -0.415. The van der Waals surface area contributed by atoms with E-state index in [-0.39, 0.29) is 33.6 Å². The van der Waals surface area contributed by atoms with Crippen molar-refractivity contribution in [2.45, 2.75) is 24.9 Å². The maximum Gasteiger partial charge on any atom is 0.254 e. The van der Waals surface area contributed by atoms with Crippen LogP contribution in [0.15, 0.2) is 65.6 Å². The van der Waals surface area contributed by atoms with Crippen molar-refractivity contribution in [3.63, 3.8) is 0 Å². The summed E-state index contributed by atoms with van der Waals surface area (Å²) in [6.45, 7) is 2.30. The molecule has 31 heavy (non-hydrogen) atoms. The summed E-state index contributed by atoms with van der Waals surface area (Å²) in [7, 11) is -3.59. The third-order valence-electron chi connectivity index (χ3n) is 4.51. The van der Waals surface area contributed by atoms with Crippen molar-refractivity contribution < 1.29 is 13.2 Å². The van der Waals surface area contributed by atoms with Crippen molar-refractivity contribution in [3.8, 4) is 0 Å². The molecule has 3 rings (SSSR count). The molecule has 0 aliphatic carbocycles. The number of sulfonamides is 1. The first-order chi connectivity index (χ1) is 14.7. The fourth-order valence-electron chi connectivity index (χ4n) is 2.78. The van der Waals surface area contributed by atoms with Gasteiger partial charge in [0.05, 0.1) is 20.5 Å². The van der Waals surface area contributed by atoms with Crippen LogP contribution in [-0.4, -0.2) is 14.3 Å². The minimum Gasteiger partial charge on any atom is -0.348 e. The Bertz CT molecular complexity index is 1170. The quantitative estimate of drug-likeness (QED) is 0.461. The van der Waals surface area contributed by atoms with E-state index in [0.717, 1.165) is 16.7 Å². The van der Waals surface area contributed by atoms with Gasteiger partial charge in [-0.15, -0.1) is 0 Å². The Kier molecular flexibility index (Phi) is 7.62. The van der Waals surface area contributed by atoms with E-state index in [1.54, 1.807) is 48.5 Å². The Hall–Kier alpha value is -2.09. The number of carbonyl (C=O) groups is 1. The average molecular weight is 498 g/mol. The monoisotopic (exact) mass is 496 g/mol. The number of rotatable bonds is 7. The molecule has 0 saturated heterocycles. The van der Waals surface area contributed by atoms with E-state index in [0.29, 0.717) is 5.02 Å². The topological polar surface area (TPSA) is 75.3 Å². The lowest BCUT2D eigenvalue weighted by atomic mass is 10.1. The lowest BCUT2D eigenvalue weighted by Gasteiger charge is -2.10. The number of aryl methyl sites for hydroxylation is 1. The van der Waals surface area contributed by atoms with E-state index in [1.807, 2.05) is 6.92 Å². The standard InChI is InChI=1S/C22H19Cl3N2O3S/c1-14-2-8-18(9-3-14)31(29,30)27-13-16-6-4-15(5-7-16)12-26-22(28)21-19(24)10-17(23)11-20(21)25/h2-11,27H,12-13H2,1H3,(H,26,28). The summed E-state index contributed by atoms with van der Waals surface area (Å²) >= 11 is 18.0. The predicted octanol–water partition coefficient (Wildman–Crippen LogP) is 5.36. The molecule has 0 aliphatic heterocycles. The second-order valence-corrected chi connectivity index (χ2v) is 9.90. The van der Waals surface area contributed by atoms with Crippen LogP contribution in [0.25, 0.3) is 0 Å². The molecule has 9 heteroatoms. The van der Waals surface area contributed by atoms with Crippen LogP contribution in [0.3, 0.4) is 0 Å². The van der Waals surface area contributed by atoms with Crippen LogP contribution >= 0.6 is 34.8 Å². The molecular formula is C22H19Cl3N2O3S. The number of hydrogen-bond donors (Lipinski definition) is 2. The third-order valence-corrected chi connectivity index (χ3v) is 6.74. The number of hydrogen-bond acceptors (Lipinski definition) is 3. The van der Waals surface area contributed by atoms with Gasteiger partial charge in [0.15, 0.2) is 0 Å². The Labute approximate surface area is 196 Å². The van der Waals surface area contributed by atoms with E-state index in [9.17, 15) is 13.2 Å². The van der Waals surface area contributed by atoms with Gasteiger partial charge >= 0.3 is 0 Å². The summed E-state index contributed by atoms with van der Waals surface area (Å²) in [5.41, 5.74) is 2.77. The van der Waals surface area contributed by atoms with E-state index >= 15 is 0 Å². The molecule has 1 amide bonds. The maximum absolute atomic E-state index is 12.4. The van der Waals surface area contributed by atoms with E-state index in [2.05, 4.69) is 10.0 Å². The molecular weight excluding hydrogens is 479 g/mol. The molecule has 0 saturated carbocycles. The Morgan fingerprint density at radius 1 is 0.839 bits per heavy atom. The lowest BCUT2D eigenvalue weighted by molar-refractivity contribution is 0.0951. The number of carbonyl (C=O) groups excluding carboxylic acids is 1. The summed E-state index contributed by atoms with van der Waals surface area (Å²) < 4.78 is 27.3. The highest BCUT2D eigenvalue weighted by Gasteiger charge is 2.16. The van der Waals surface area contributed by atoms with E-state index in [1.165, 1.54) is 12.1 Å². The van der Waals surface area contributed by atoms with Gasteiger partial charge in [-0.3, -0.25) is 4.79 Å². The first-order valence-electron chi connectivity index (χ1n) is 9.22. The maximum atomic E-state index is 12.4. The van der Waals surface area contributed by atoms with Crippen LogP contribution < -0.4 is 10.0 Å². The van der Waals surface area contributed by atoms with Gasteiger partial charge in [0, 0.05) is 18.1 Å². The van der Waals surface area contributed by atoms with Gasteiger partial charge in [-0.1, -0.05) is 76.8 Å². The molecule has 0 radical (unpaired) electrons. The van der Waals surface area contributed by atoms with Gasteiger partial charge < -0.3 is 5.32 Å². The number of nitrogens with one attached hydrogen (secondary N) is 2. The van der Waals surface area contributed by atoms with Crippen LogP contribution in [0.5, 0.6) is 0 Å². The molecule has 0 atom stereocenters. The highest BCUT2D eigenvalue weighted by atomic mass is 35.5. The zero-order valence-electron chi connectivity index (χ0n) is 16.5. The van der Waals surface area contributed by atoms with Crippen molar-refractivity contribution in [2.75, 3.05) is 0 Å². The molecule has 0 heterocycles. The van der Waals surface area contributed by atoms with Crippen molar-refractivity contribution >= 4 is 50.7 Å². The minimum absolute atomic E-state index is 0.152. The molecule has 0 fully saturated rings. The Balaban J connectivity index is 1.58. The second kappa shape index (κ2) is 10.0. The van der Waals surface area contributed by atoms with Crippen molar-refractivity contribution in [3.05, 3.63) is 98.0 Å². The number of amides is 1. The molecule has 5 nitrogen and oxygen atoms in total. The van der Waals surface area contributed by atoms with Crippen LogP contribution in [0.2, 0.25) is 15.1 Å². The van der Waals surface area contributed by atoms with Crippen LogP contribution in [-0.2, 0) is 23.1 Å². The van der Waals surface area contributed by atoms with Crippen LogP contribution in [0.4, 0.5) is 0 Å². The smallest absolute Gasteiger partial charge is 0.254 e.